The molecule has 16 heteroatoms. The first kappa shape index (κ1) is 37.0. The van der Waals surface area contributed by atoms with E-state index >= 15 is 0 Å². The number of oxazole rings is 2. The van der Waals surface area contributed by atoms with Gasteiger partial charge in [-0.15, -0.1) is 0 Å². The molecule has 2 aliphatic heterocycles. The number of fused-ring (bicyclic) bond motifs is 5. The molecule has 53 heavy (non-hydrogen) atoms. The molecule has 5 heterocycles. The van der Waals surface area contributed by atoms with Crippen molar-refractivity contribution in [2.75, 3.05) is 6.54 Å². The quantitative estimate of drug-likeness (QED) is 0.207. The maximum absolute atomic E-state index is 14.2. The Kier molecular flexibility index (Phi) is 11.0. The van der Waals surface area contributed by atoms with E-state index in [2.05, 4.69) is 36.4 Å². The van der Waals surface area contributed by atoms with Gasteiger partial charge in [-0.2, -0.15) is 0 Å². The van der Waals surface area contributed by atoms with Crippen molar-refractivity contribution in [2.45, 2.75) is 96.9 Å². The van der Waals surface area contributed by atoms with Gasteiger partial charge in [-0.05, 0) is 51.5 Å². The lowest BCUT2D eigenvalue weighted by Gasteiger charge is -2.25. The van der Waals surface area contributed by atoms with Crippen molar-refractivity contribution >= 4 is 29.5 Å². The molecule has 0 aliphatic carbocycles. The zero-order chi connectivity index (χ0) is 37.8. The van der Waals surface area contributed by atoms with Gasteiger partial charge in [0, 0.05) is 31.0 Å². The Morgan fingerprint density at radius 3 is 2.38 bits per heavy atom. The number of hydrogen-bond acceptors (Lipinski definition) is 11. The van der Waals surface area contributed by atoms with Crippen molar-refractivity contribution in [1.29, 1.82) is 0 Å². The van der Waals surface area contributed by atoms with Crippen LogP contribution < -0.4 is 21.3 Å². The third-order valence-electron chi connectivity index (χ3n) is 9.46. The fourth-order valence-electron chi connectivity index (χ4n) is 6.72. The molecule has 0 unspecified atom stereocenters. The van der Waals surface area contributed by atoms with E-state index in [1.165, 1.54) is 17.4 Å². The molecule has 4 bridgehead atoms. The van der Waals surface area contributed by atoms with E-state index in [0.717, 1.165) is 11.1 Å². The highest BCUT2D eigenvalue weighted by Crippen LogP contribution is 2.26. The van der Waals surface area contributed by atoms with Crippen LogP contribution >= 0.6 is 0 Å². The normalized spacial score (nSPS) is 22.5. The second-order valence-electron chi connectivity index (χ2n) is 14.1. The van der Waals surface area contributed by atoms with E-state index in [0.29, 0.717) is 24.3 Å². The predicted octanol–water partition coefficient (Wildman–Crippen LogP) is 3.04. The summed E-state index contributed by atoms with van der Waals surface area (Å²) in [5, 5.41) is 15.5. The van der Waals surface area contributed by atoms with Crippen molar-refractivity contribution in [3.05, 3.63) is 88.6 Å². The number of nitrogens with one attached hydrogen (secondary N) is 4. The Balaban J connectivity index is 1.31. The maximum Gasteiger partial charge on any atom is 0.276 e. The first-order valence-corrected chi connectivity index (χ1v) is 17.7. The van der Waals surface area contributed by atoms with Crippen LogP contribution in [0.3, 0.4) is 0 Å². The number of benzene rings is 1. The zero-order valence-electron chi connectivity index (χ0n) is 30.3. The molecule has 1 saturated heterocycles. The van der Waals surface area contributed by atoms with Gasteiger partial charge in [-0.1, -0.05) is 49.3 Å². The molecule has 2 aliphatic rings. The molecule has 0 radical (unpaired) electrons. The van der Waals surface area contributed by atoms with Gasteiger partial charge >= 0.3 is 0 Å². The monoisotopic (exact) mass is 728 g/mol. The third-order valence-corrected chi connectivity index (χ3v) is 9.46. The van der Waals surface area contributed by atoms with E-state index in [9.17, 15) is 24.0 Å². The van der Waals surface area contributed by atoms with Gasteiger partial charge in [0.15, 0.2) is 11.4 Å². The molecule has 16 nitrogen and oxygen atoms in total. The summed E-state index contributed by atoms with van der Waals surface area (Å²) in [4.78, 5) is 78.5. The number of hydrogen-bond donors (Lipinski definition) is 4. The molecular formula is C37H44N8O8. The molecule has 5 amide bonds. The Morgan fingerprint density at radius 1 is 0.943 bits per heavy atom. The van der Waals surface area contributed by atoms with E-state index in [1.54, 1.807) is 13.8 Å². The fourth-order valence-corrected chi connectivity index (χ4v) is 6.72. The van der Waals surface area contributed by atoms with Crippen LogP contribution in [-0.2, 0) is 27.2 Å². The van der Waals surface area contributed by atoms with Crippen molar-refractivity contribution in [1.82, 2.24) is 41.3 Å². The number of nitrogens with zero attached hydrogens (tertiary/aromatic N) is 4. The minimum atomic E-state index is -1.03. The van der Waals surface area contributed by atoms with Gasteiger partial charge in [0.1, 0.15) is 42.5 Å². The summed E-state index contributed by atoms with van der Waals surface area (Å²) in [5.74, 6) is -1.65. The van der Waals surface area contributed by atoms with Crippen LogP contribution in [0.25, 0.3) is 0 Å². The van der Waals surface area contributed by atoms with Crippen LogP contribution in [0, 0.1) is 19.8 Å². The molecule has 1 aromatic carbocycles. The first-order chi connectivity index (χ1) is 25.4. The van der Waals surface area contributed by atoms with E-state index < -0.39 is 53.8 Å². The molecule has 5 atom stereocenters. The summed E-state index contributed by atoms with van der Waals surface area (Å²) in [6, 6.07) is 5.21. The molecule has 280 valence electrons. The summed E-state index contributed by atoms with van der Waals surface area (Å²) in [5.41, 5.74) is 2.28. The molecule has 1 fully saturated rings. The third kappa shape index (κ3) is 8.64. The topological polar surface area (TPSA) is 215 Å². The Labute approximate surface area is 305 Å². The number of carbonyl (C=O) groups is 5. The summed E-state index contributed by atoms with van der Waals surface area (Å²) in [6.07, 6.45) is 3.61. The number of aryl methyl sites for hydroxylation is 2. The van der Waals surface area contributed by atoms with Gasteiger partial charge in [0.05, 0.1) is 5.69 Å². The van der Waals surface area contributed by atoms with E-state index in [4.69, 9.17) is 13.4 Å². The van der Waals surface area contributed by atoms with Crippen LogP contribution in [0.5, 0.6) is 0 Å². The van der Waals surface area contributed by atoms with Crippen LogP contribution in [0.2, 0.25) is 0 Å². The van der Waals surface area contributed by atoms with Crippen LogP contribution in [0.15, 0.2) is 56.2 Å². The Hall–Kier alpha value is -5.80. The summed E-state index contributed by atoms with van der Waals surface area (Å²) < 4.78 is 16.6. The highest BCUT2D eigenvalue weighted by Gasteiger charge is 2.42. The van der Waals surface area contributed by atoms with Gasteiger partial charge in [-0.3, -0.25) is 24.0 Å². The van der Waals surface area contributed by atoms with Crippen molar-refractivity contribution in [2.24, 2.45) is 5.92 Å². The zero-order valence-corrected chi connectivity index (χ0v) is 30.3. The number of carbonyl (C=O) groups excluding carboxylic acids is 5. The SMILES string of the molecule is Cc1noc(C)c1CCC(=O)N[C@H]1C[C@H]2C(=O)N[C@@H](Cc3ccccc3)c3nc(co3)C(=O)N[C@H](CC(C)C)C(=O)N[C@H](C)c3nc(co3)C(=O)N2C1. The molecule has 0 saturated carbocycles. The highest BCUT2D eigenvalue weighted by molar-refractivity contribution is 5.97. The minimum absolute atomic E-state index is 0.0199. The van der Waals surface area contributed by atoms with Gasteiger partial charge in [0.25, 0.3) is 11.8 Å². The van der Waals surface area contributed by atoms with Crippen LogP contribution in [-0.4, -0.2) is 74.2 Å². The Morgan fingerprint density at radius 2 is 1.66 bits per heavy atom. The van der Waals surface area contributed by atoms with Crippen molar-refractivity contribution in [3.8, 4) is 0 Å². The number of rotatable bonds is 8. The smallest absolute Gasteiger partial charge is 0.276 e. The average Bonchev–Trinajstić information content (AvgIpc) is 3.94. The average molecular weight is 729 g/mol. The van der Waals surface area contributed by atoms with Crippen LogP contribution in [0.4, 0.5) is 0 Å². The van der Waals surface area contributed by atoms with Gasteiger partial charge in [0.2, 0.25) is 29.5 Å². The lowest BCUT2D eigenvalue weighted by molar-refractivity contribution is -0.126. The largest absolute Gasteiger partial charge is 0.446 e. The molecule has 4 aromatic rings. The number of aromatic nitrogens is 3. The van der Waals surface area contributed by atoms with Gasteiger partial charge < -0.3 is 39.5 Å². The van der Waals surface area contributed by atoms with Crippen LogP contribution in [0.1, 0.15) is 107 Å². The highest BCUT2D eigenvalue weighted by atomic mass is 16.5. The van der Waals surface area contributed by atoms with Gasteiger partial charge in [-0.25, -0.2) is 9.97 Å². The molecular weight excluding hydrogens is 684 g/mol. The standard InChI is InChI=1S/C37H44N8O8/c1-19(2)13-26-32(47)38-21(4)35-43-29(18-51-35)37(50)45-16-24(39-31(46)12-11-25-20(3)44-53-22(25)5)15-30(45)34(49)41-27(14-23-9-7-6-8-10-23)36-42-28(17-52-36)33(48)40-26/h6-10,17-19,21,24,26-27,30H,11-16H2,1-5H3,(H,38,47)(H,39,46)(H,40,48)(H,41,49)/t21-,24+,26-,27+,30+/m1/s1. The summed E-state index contributed by atoms with van der Waals surface area (Å²) in [7, 11) is 0. The van der Waals surface area contributed by atoms with Crippen molar-refractivity contribution in [3.63, 3.8) is 0 Å². The molecule has 4 N–H and O–H groups in total. The van der Waals surface area contributed by atoms with E-state index in [1.807, 2.05) is 51.1 Å². The van der Waals surface area contributed by atoms with E-state index in [-0.39, 0.29) is 60.8 Å². The second kappa shape index (κ2) is 15.8. The Bertz CT molecular complexity index is 1950. The number of amides is 5. The second-order valence-corrected chi connectivity index (χ2v) is 14.1. The summed E-state index contributed by atoms with van der Waals surface area (Å²) >= 11 is 0. The molecule has 6 rings (SSSR count). The fraction of sp³-hybridized carbons (Fsp3) is 0.459. The maximum atomic E-state index is 14.2. The lowest BCUT2D eigenvalue weighted by atomic mass is 10.0. The summed E-state index contributed by atoms with van der Waals surface area (Å²) in [6.45, 7) is 9.11. The van der Waals surface area contributed by atoms with Crippen molar-refractivity contribution < 1.29 is 37.3 Å². The molecule has 0 spiro atoms. The minimum Gasteiger partial charge on any atom is -0.446 e. The lowest BCUT2D eigenvalue weighted by Crippen LogP contribution is -2.48. The molecule has 3 aromatic heterocycles. The predicted molar refractivity (Wildman–Crippen MR) is 187 cm³/mol. The first-order valence-electron chi connectivity index (χ1n) is 17.7.